The third-order valence-electron chi connectivity index (χ3n) is 6.77. The first kappa shape index (κ1) is 33.6. The number of nitrogens with zero attached hydrogens (tertiary/aromatic N) is 2. The monoisotopic (exact) mass is 691 g/mol. The van der Waals surface area contributed by atoms with Crippen molar-refractivity contribution in [2.24, 2.45) is 0 Å². The summed E-state index contributed by atoms with van der Waals surface area (Å²) >= 11 is 25.2. The Hall–Kier alpha value is -3.27. The van der Waals surface area contributed by atoms with E-state index in [-0.39, 0.29) is 38.6 Å². The van der Waals surface area contributed by atoms with Crippen LogP contribution in [-0.4, -0.2) is 44.3 Å². The van der Waals surface area contributed by atoms with Gasteiger partial charge in [0.15, 0.2) is 0 Å². The molecule has 0 saturated carbocycles. The number of anilines is 1. The van der Waals surface area contributed by atoms with Crippen molar-refractivity contribution in [2.75, 3.05) is 17.4 Å². The number of rotatable bonds is 12. The number of amides is 2. The van der Waals surface area contributed by atoms with Gasteiger partial charge in [0.1, 0.15) is 12.6 Å². The number of carbonyl (C=O) groups is 2. The molecule has 230 valence electrons. The molecule has 0 spiro atoms. The molecule has 0 bridgehead atoms. The molecule has 2 amide bonds. The van der Waals surface area contributed by atoms with Crippen LogP contribution in [0.2, 0.25) is 20.1 Å². The summed E-state index contributed by atoms with van der Waals surface area (Å²) < 4.78 is 29.0. The first-order valence-electron chi connectivity index (χ1n) is 13.6. The highest BCUT2D eigenvalue weighted by Gasteiger charge is 2.35. The minimum atomic E-state index is -4.32. The van der Waals surface area contributed by atoms with E-state index in [9.17, 15) is 18.0 Å². The summed E-state index contributed by atoms with van der Waals surface area (Å²) in [6.45, 7) is 1.36. The molecule has 0 radical (unpaired) electrons. The summed E-state index contributed by atoms with van der Waals surface area (Å²) in [5.41, 5.74) is 1.42. The Morgan fingerprint density at radius 1 is 0.773 bits per heavy atom. The number of benzene rings is 4. The quantitative estimate of drug-likeness (QED) is 0.169. The second kappa shape index (κ2) is 15.1. The van der Waals surface area contributed by atoms with Crippen molar-refractivity contribution in [3.05, 3.63) is 128 Å². The number of sulfonamides is 1. The topological polar surface area (TPSA) is 86.8 Å². The van der Waals surface area contributed by atoms with E-state index in [4.69, 9.17) is 46.4 Å². The Bertz CT molecular complexity index is 1720. The molecular formula is C32H29Cl4N3O4S. The van der Waals surface area contributed by atoms with Gasteiger partial charge in [-0.3, -0.25) is 13.9 Å². The Balaban J connectivity index is 1.83. The molecule has 0 aliphatic rings. The summed E-state index contributed by atoms with van der Waals surface area (Å²) in [7, 11) is -4.32. The second-order valence-corrected chi connectivity index (χ2v) is 13.2. The lowest BCUT2D eigenvalue weighted by atomic mass is 10.0. The molecule has 0 unspecified atom stereocenters. The standard InChI is InChI=1S/C32H29Cl4N3O4S/c1-2-37-32(41)29(19-22-10-5-3-6-11-22)38(20-23-16-17-25(33)27(35)18-23)30(40)21-39(28-15-9-14-26(34)31(28)36)44(42,43)24-12-7-4-8-13-24/h3-18,29H,2,19-21H2,1H3,(H,37,41)/t29-/m1/s1. The number of halogens is 4. The van der Waals surface area contributed by atoms with E-state index in [1.165, 1.54) is 29.2 Å². The van der Waals surface area contributed by atoms with Crippen molar-refractivity contribution < 1.29 is 18.0 Å². The van der Waals surface area contributed by atoms with Crippen LogP contribution in [0.5, 0.6) is 0 Å². The van der Waals surface area contributed by atoms with Crippen LogP contribution in [0, 0.1) is 0 Å². The van der Waals surface area contributed by atoms with Crippen molar-refractivity contribution in [1.29, 1.82) is 0 Å². The zero-order valence-corrected chi connectivity index (χ0v) is 27.4. The highest BCUT2D eigenvalue weighted by Crippen LogP contribution is 2.35. The summed E-state index contributed by atoms with van der Waals surface area (Å²) in [6.07, 6.45) is 0.170. The van der Waals surface area contributed by atoms with E-state index in [1.807, 2.05) is 30.3 Å². The minimum absolute atomic E-state index is 0.0171. The molecule has 0 aliphatic heterocycles. The van der Waals surface area contributed by atoms with Gasteiger partial charge in [-0.05, 0) is 54.4 Å². The fraction of sp³-hybridized carbons (Fsp3) is 0.188. The van der Waals surface area contributed by atoms with Gasteiger partial charge in [0.05, 0.1) is 30.7 Å². The van der Waals surface area contributed by atoms with E-state index >= 15 is 0 Å². The summed E-state index contributed by atoms with van der Waals surface area (Å²) in [5, 5.41) is 3.49. The van der Waals surface area contributed by atoms with Crippen LogP contribution in [0.25, 0.3) is 0 Å². The smallest absolute Gasteiger partial charge is 0.264 e. The van der Waals surface area contributed by atoms with Crippen LogP contribution in [-0.2, 0) is 32.6 Å². The van der Waals surface area contributed by atoms with Gasteiger partial charge in [-0.1, -0.05) is 107 Å². The lowest BCUT2D eigenvalue weighted by Gasteiger charge is -2.34. The largest absolute Gasteiger partial charge is 0.355 e. The normalized spacial score (nSPS) is 11.9. The molecule has 0 fully saturated rings. The van der Waals surface area contributed by atoms with Crippen LogP contribution in [0.4, 0.5) is 5.69 Å². The molecule has 4 rings (SSSR count). The fourth-order valence-electron chi connectivity index (χ4n) is 4.60. The minimum Gasteiger partial charge on any atom is -0.355 e. The van der Waals surface area contributed by atoms with E-state index in [0.717, 1.165) is 9.87 Å². The molecule has 44 heavy (non-hydrogen) atoms. The van der Waals surface area contributed by atoms with Crippen molar-refractivity contribution >= 4 is 73.9 Å². The van der Waals surface area contributed by atoms with Gasteiger partial charge in [0.2, 0.25) is 11.8 Å². The molecule has 0 aliphatic carbocycles. The van der Waals surface area contributed by atoms with Gasteiger partial charge in [0, 0.05) is 19.5 Å². The van der Waals surface area contributed by atoms with E-state index < -0.39 is 34.4 Å². The van der Waals surface area contributed by atoms with Crippen LogP contribution in [0.15, 0.2) is 102 Å². The van der Waals surface area contributed by atoms with Gasteiger partial charge in [0.25, 0.3) is 10.0 Å². The Kier molecular flexibility index (Phi) is 11.6. The number of carbonyl (C=O) groups excluding carboxylic acids is 2. The summed E-state index contributed by atoms with van der Waals surface area (Å²) in [5.74, 6) is -1.05. The molecule has 0 saturated heterocycles. The zero-order chi connectivity index (χ0) is 31.9. The van der Waals surface area contributed by atoms with Gasteiger partial charge < -0.3 is 10.2 Å². The number of hydrogen-bond acceptors (Lipinski definition) is 4. The van der Waals surface area contributed by atoms with Crippen LogP contribution >= 0.6 is 46.4 Å². The third-order valence-corrected chi connectivity index (χ3v) is 10.1. The molecular weight excluding hydrogens is 664 g/mol. The highest BCUT2D eigenvalue weighted by molar-refractivity contribution is 7.92. The lowest BCUT2D eigenvalue weighted by molar-refractivity contribution is -0.140. The van der Waals surface area contributed by atoms with Crippen LogP contribution in [0.3, 0.4) is 0 Å². The van der Waals surface area contributed by atoms with Gasteiger partial charge >= 0.3 is 0 Å². The van der Waals surface area contributed by atoms with Crippen molar-refractivity contribution in [1.82, 2.24) is 10.2 Å². The van der Waals surface area contributed by atoms with Crippen molar-refractivity contribution in [2.45, 2.75) is 30.8 Å². The van der Waals surface area contributed by atoms with Crippen LogP contribution in [0.1, 0.15) is 18.1 Å². The van der Waals surface area contributed by atoms with E-state index in [2.05, 4.69) is 5.32 Å². The highest BCUT2D eigenvalue weighted by atomic mass is 35.5. The molecule has 4 aromatic rings. The number of likely N-dealkylation sites (N-methyl/N-ethyl adjacent to an activating group) is 1. The van der Waals surface area contributed by atoms with E-state index in [1.54, 1.807) is 49.4 Å². The maximum absolute atomic E-state index is 14.4. The zero-order valence-electron chi connectivity index (χ0n) is 23.6. The maximum atomic E-state index is 14.4. The van der Waals surface area contributed by atoms with Gasteiger partial charge in [-0.2, -0.15) is 0 Å². The second-order valence-electron chi connectivity index (χ2n) is 9.77. The molecule has 1 atom stereocenters. The molecule has 7 nitrogen and oxygen atoms in total. The Morgan fingerprint density at radius 2 is 1.43 bits per heavy atom. The lowest BCUT2D eigenvalue weighted by Crippen LogP contribution is -2.53. The van der Waals surface area contributed by atoms with Crippen molar-refractivity contribution in [3.63, 3.8) is 0 Å². The van der Waals surface area contributed by atoms with Crippen LogP contribution < -0.4 is 9.62 Å². The maximum Gasteiger partial charge on any atom is 0.264 e. The van der Waals surface area contributed by atoms with Crippen molar-refractivity contribution in [3.8, 4) is 0 Å². The average molecular weight is 693 g/mol. The SMILES string of the molecule is CCNC(=O)[C@@H](Cc1ccccc1)N(Cc1ccc(Cl)c(Cl)c1)C(=O)CN(c1cccc(Cl)c1Cl)S(=O)(=O)c1ccccc1. The first-order valence-corrected chi connectivity index (χ1v) is 16.5. The average Bonchev–Trinajstić information content (AvgIpc) is 3.02. The third kappa shape index (κ3) is 8.06. The summed E-state index contributed by atoms with van der Waals surface area (Å²) in [4.78, 5) is 29.3. The molecule has 0 aromatic heterocycles. The Morgan fingerprint density at radius 3 is 2.07 bits per heavy atom. The van der Waals surface area contributed by atoms with E-state index in [0.29, 0.717) is 17.1 Å². The fourth-order valence-corrected chi connectivity index (χ4v) is 6.81. The number of nitrogens with one attached hydrogen (secondary N) is 1. The first-order chi connectivity index (χ1) is 21.0. The Labute approximate surface area is 277 Å². The molecule has 0 heterocycles. The summed E-state index contributed by atoms with van der Waals surface area (Å²) in [6, 6.07) is 25.3. The molecule has 1 N–H and O–H groups in total. The number of hydrogen-bond donors (Lipinski definition) is 1. The predicted molar refractivity (Wildman–Crippen MR) is 177 cm³/mol. The molecule has 12 heteroatoms. The van der Waals surface area contributed by atoms with Gasteiger partial charge in [-0.15, -0.1) is 0 Å². The predicted octanol–water partition coefficient (Wildman–Crippen LogP) is 7.27. The van der Waals surface area contributed by atoms with Gasteiger partial charge in [-0.25, -0.2) is 8.42 Å². The molecule has 4 aromatic carbocycles.